The number of rotatable bonds is 8. The van der Waals surface area contributed by atoms with Crippen molar-refractivity contribution in [2.24, 2.45) is 0 Å². The third kappa shape index (κ3) is 6.52. The lowest BCUT2D eigenvalue weighted by molar-refractivity contribution is -0.137. The lowest BCUT2D eigenvalue weighted by Crippen LogP contribution is -2.21. The summed E-state index contributed by atoms with van der Waals surface area (Å²) in [6, 6.07) is 13.1. The van der Waals surface area contributed by atoms with Crippen LogP contribution >= 0.6 is 46.4 Å². The van der Waals surface area contributed by atoms with Gasteiger partial charge in [0.2, 0.25) is 0 Å². The van der Waals surface area contributed by atoms with Crippen LogP contribution < -0.4 is 4.74 Å². The fourth-order valence-corrected chi connectivity index (χ4v) is 7.17. The quantitative estimate of drug-likeness (QED) is 0.116. The van der Waals surface area contributed by atoms with Crippen molar-refractivity contribution in [1.29, 1.82) is 0 Å². The summed E-state index contributed by atoms with van der Waals surface area (Å²) in [5.74, 6) is -8.48. The standard InChI is InChI=1S/C38H26Cl4F2N2O7/c1-4-20(31-17(3)46(27-9-11-28(47)34(43)33(27)31)37(51)19-6-8-23(40)25(42)14-19)38(52)53-29-12-10-26-32(35(29)44)21(15-30(48)49)16(2)45(26)36(50)18-5-7-22(39)24(41)13-18/h5-14,20,47H,4,15H2,1-3H3,(H,48,49). The first-order valence-corrected chi connectivity index (χ1v) is 17.4. The van der Waals surface area contributed by atoms with E-state index < -0.39 is 59.2 Å². The molecular formula is C38H26Cl4F2N2O7. The number of carbonyl (C=O) groups excluding carboxylic acids is 3. The van der Waals surface area contributed by atoms with Crippen molar-refractivity contribution in [3.63, 3.8) is 0 Å². The van der Waals surface area contributed by atoms with Gasteiger partial charge < -0.3 is 14.9 Å². The molecule has 6 aromatic rings. The Morgan fingerprint density at radius 1 is 0.736 bits per heavy atom. The lowest BCUT2D eigenvalue weighted by atomic mass is 9.93. The maximum absolute atomic E-state index is 16.5. The van der Waals surface area contributed by atoms with E-state index in [0.29, 0.717) is 0 Å². The third-order valence-electron chi connectivity index (χ3n) is 9.05. The maximum Gasteiger partial charge on any atom is 0.318 e. The molecule has 0 amide bonds. The first-order valence-electron chi connectivity index (χ1n) is 15.8. The summed E-state index contributed by atoms with van der Waals surface area (Å²) in [7, 11) is 0. The van der Waals surface area contributed by atoms with Gasteiger partial charge in [-0.05, 0) is 92.1 Å². The smallest absolute Gasteiger partial charge is 0.318 e. The summed E-state index contributed by atoms with van der Waals surface area (Å²) in [6.07, 6.45) is -0.694. The molecule has 0 radical (unpaired) electrons. The number of hydrogen-bond donors (Lipinski definition) is 2. The van der Waals surface area contributed by atoms with Crippen LogP contribution in [0.3, 0.4) is 0 Å². The number of ether oxygens (including phenoxy) is 1. The Balaban J connectivity index is 1.46. The van der Waals surface area contributed by atoms with Crippen molar-refractivity contribution in [1.82, 2.24) is 9.13 Å². The number of halogens is 6. The normalized spacial score (nSPS) is 12.0. The van der Waals surface area contributed by atoms with Gasteiger partial charge in [-0.15, -0.1) is 0 Å². The van der Waals surface area contributed by atoms with Crippen molar-refractivity contribution in [3.05, 3.63) is 126 Å². The zero-order valence-electron chi connectivity index (χ0n) is 27.9. The van der Waals surface area contributed by atoms with Crippen molar-refractivity contribution < 1.29 is 42.9 Å². The van der Waals surface area contributed by atoms with Crippen molar-refractivity contribution >= 4 is 92.0 Å². The number of fused-ring (bicyclic) bond motifs is 2. The van der Waals surface area contributed by atoms with Gasteiger partial charge in [0.1, 0.15) is 0 Å². The van der Waals surface area contributed by atoms with Gasteiger partial charge in [-0.25, -0.2) is 8.78 Å². The Kier molecular flexibility index (Phi) is 10.3. The fraction of sp³-hybridized carbons (Fsp3) is 0.158. The molecular weight excluding hydrogens is 776 g/mol. The average Bonchev–Trinajstić information content (AvgIpc) is 3.56. The molecule has 4 aromatic carbocycles. The highest BCUT2D eigenvalue weighted by Gasteiger charge is 2.34. The predicted molar refractivity (Wildman–Crippen MR) is 197 cm³/mol. The van der Waals surface area contributed by atoms with Crippen LogP contribution in [0.1, 0.15) is 62.5 Å². The zero-order chi connectivity index (χ0) is 38.6. The van der Waals surface area contributed by atoms with Crippen LogP contribution in [-0.2, 0) is 16.0 Å². The summed E-state index contributed by atoms with van der Waals surface area (Å²) in [6.45, 7) is 4.53. The monoisotopic (exact) mass is 800 g/mol. The number of aromatic nitrogens is 2. The van der Waals surface area contributed by atoms with Crippen LogP contribution in [0.15, 0.2) is 60.7 Å². The number of aromatic hydroxyl groups is 1. The number of esters is 1. The van der Waals surface area contributed by atoms with Crippen molar-refractivity contribution in [2.75, 3.05) is 0 Å². The number of carbonyl (C=O) groups is 4. The first-order chi connectivity index (χ1) is 25.1. The number of phenolic OH excluding ortho intramolecular Hbond substituents is 1. The van der Waals surface area contributed by atoms with E-state index in [9.17, 15) is 29.4 Å². The van der Waals surface area contributed by atoms with Gasteiger partial charge >= 0.3 is 11.9 Å². The Labute approximate surface area is 319 Å². The molecule has 1 unspecified atom stereocenters. The molecule has 6 rings (SSSR count). The Bertz CT molecular complexity index is 2560. The number of nitrogens with zero attached hydrogens (tertiary/aromatic N) is 2. The predicted octanol–water partition coefficient (Wildman–Crippen LogP) is 9.91. The molecule has 0 aliphatic carbocycles. The second-order valence-corrected chi connectivity index (χ2v) is 13.7. The molecule has 0 saturated carbocycles. The molecule has 0 saturated heterocycles. The minimum atomic E-state index is -1.31. The molecule has 0 spiro atoms. The Morgan fingerprint density at radius 2 is 1.26 bits per heavy atom. The number of aliphatic carboxylic acids is 1. The van der Waals surface area contributed by atoms with E-state index in [2.05, 4.69) is 0 Å². The molecule has 53 heavy (non-hydrogen) atoms. The Morgan fingerprint density at radius 3 is 1.79 bits per heavy atom. The van der Waals surface area contributed by atoms with Crippen LogP contribution in [0.5, 0.6) is 11.5 Å². The Hall–Kier alpha value is -4.94. The molecule has 0 fully saturated rings. The molecule has 9 nitrogen and oxygen atoms in total. The molecule has 0 bridgehead atoms. The SMILES string of the molecule is CCC(C(=O)Oc1ccc2c(c1F)c(CC(=O)O)c(C)n2C(=O)c1ccc(Cl)c(Cl)c1)c1c(C)n(C(=O)c2ccc(Cl)c(Cl)c2)c2ccc(O)c(F)c12. The minimum Gasteiger partial charge on any atom is -0.505 e. The topological polar surface area (TPSA) is 128 Å². The molecule has 0 aliphatic heterocycles. The number of carboxylic acid groups (broad SMARTS) is 1. The van der Waals surface area contributed by atoms with E-state index in [1.54, 1.807) is 6.92 Å². The van der Waals surface area contributed by atoms with E-state index >= 15 is 8.78 Å². The number of carboxylic acids is 1. The fourth-order valence-electron chi connectivity index (χ4n) is 6.58. The van der Waals surface area contributed by atoms with Gasteiger partial charge in [0.05, 0.1) is 43.5 Å². The highest BCUT2D eigenvalue weighted by Crippen LogP contribution is 2.41. The van der Waals surface area contributed by atoms with E-state index in [1.807, 2.05) is 0 Å². The molecule has 272 valence electrons. The number of phenols is 1. The summed E-state index contributed by atoms with van der Waals surface area (Å²) in [5.41, 5.74) is 0.448. The molecule has 0 aliphatic rings. The van der Waals surface area contributed by atoms with Crippen LogP contribution in [-0.4, -0.2) is 43.1 Å². The van der Waals surface area contributed by atoms with Gasteiger partial charge in [-0.3, -0.25) is 28.3 Å². The van der Waals surface area contributed by atoms with E-state index in [-0.39, 0.29) is 82.0 Å². The van der Waals surface area contributed by atoms with Crippen LogP contribution in [0.2, 0.25) is 20.1 Å². The minimum absolute atomic E-state index is 0.00330. The van der Waals surface area contributed by atoms with E-state index in [0.717, 1.165) is 16.7 Å². The van der Waals surface area contributed by atoms with Crippen molar-refractivity contribution in [3.8, 4) is 11.5 Å². The molecule has 2 aromatic heterocycles. The third-order valence-corrected chi connectivity index (χ3v) is 10.5. The van der Waals surface area contributed by atoms with Gasteiger partial charge in [-0.2, -0.15) is 0 Å². The zero-order valence-corrected chi connectivity index (χ0v) is 30.9. The van der Waals surface area contributed by atoms with Gasteiger partial charge in [0.25, 0.3) is 11.8 Å². The van der Waals surface area contributed by atoms with E-state index in [1.165, 1.54) is 66.9 Å². The second kappa shape index (κ2) is 14.5. The molecule has 2 heterocycles. The average molecular weight is 802 g/mol. The van der Waals surface area contributed by atoms with Crippen LogP contribution in [0.25, 0.3) is 21.8 Å². The first kappa shape index (κ1) is 37.8. The van der Waals surface area contributed by atoms with Gasteiger partial charge in [0.15, 0.2) is 23.1 Å². The highest BCUT2D eigenvalue weighted by molar-refractivity contribution is 6.42. The summed E-state index contributed by atoms with van der Waals surface area (Å²) in [4.78, 5) is 53.4. The van der Waals surface area contributed by atoms with Crippen LogP contribution in [0, 0.1) is 25.5 Å². The largest absolute Gasteiger partial charge is 0.505 e. The molecule has 1 atom stereocenters. The molecule has 2 N–H and O–H groups in total. The van der Waals surface area contributed by atoms with Crippen LogP contribution in [0.4, 0.5) is 8.78 Å². The van der Waals surface area contributed by atoms with Gasteiger partial charge in [-0.1, -0.05) is 53.3 Å². The lowest BCUT2D eigenvalue weighted by Gasteiger charge is -2.16. The summed E-state index contributed by atoms with van der Waals surface area (Å²) in [5, 5.41) is 20.1. The summed E-state index contributed by atoms with van der Waals surface area (Å²) >= 11 is 24.3. The summed E-state index contributed by atoms with van der Waals surface area (Å²) < 4.78 is 40.2. The van der Waals surface area contributed by atoms with E-state index in [4.69, 9.17) is 51.1 Å². The highest BCUT2D eigenvalue weighted by atomic mass is 35.5. The van der Waals surface area contributed by atoms with Gasteiger partial charge in [0, 0.05) is 33.3 Å². The maximum atomic E-state index is 16.5. The van der Waals surface area contributed by atoms with Crippen molar-refractivity contribution in [2.45, 2.75) is 39.5 Å². The number of hydrogen-bond acceptors (Lipinski definition) is 6. The second-order valence-electron chi connectivity index (χ2n) is 12.1. The number of benzene rings is 4. The molecule has 15 heteroatoms.